The highest BCUT2D eigenvalue weighted by Gasteiger charge is 2.36. The van der Waals surface area contributed by atoms with Crippen LogP contribution in [-0.2, 0) is 10.5 Å². The number of nitrogens with zero attached hydrogens (tertiary/aromatic N) is 4. The van der Waals surface area contributed by atoms with Gasteiger partial charge in [-0.2, -0.15) is 0 Å². The number of carbonyl (C=O) groups excluding carboxylic acids is 1. The van der Waals surface area contributed by atoms with Gasteiger partial charge in [0, 0.05) is 28.7 Å². The molecule has 0 spiro atoms. The van der Waals surface area contributed by atoms with Gasteiger partial charge < -0.3 is 4.42 Å². The number of thioether (sulfide) groups is 1. The van der Waals surface area contributed by atoms with Gasteiger partial charge in [-0.15, -0.1) is 5.10 Å². The average Bonchev–Trinajstić information content (AvgIpc) is 3.42. The third kappa shape index (κ3) is 4.38. The van der Waals surface area contributed by atoms with Crippen LogP contribution in [0.25, 0.3) is 17.0 Å². The molecule has 0 fully saturated rings. The largest absolute Gasteiger partial charge is 0.457 e. The van der Waals surface area contributed by atoms with Crippen molar-refractivity contribution < 1.29 is 14.1 Å². The Morgan fingerprint density at radius 3 is 2.65 bits per heavy atom. The first-order valence-electron chi connectivity index (χ1n) is 11.4. The molecular weight excluding hydrogens is 490 g/mol. The van der Waals surface area contributed by atoms with Crippen LogP contribution in [0.3, 0.4) is 0 Å². The second kappa shape index (κ2) is 9.40. The first-order valence-corrected chi connectivity index (χ1v) is 12.4. The minimum absolute atomic E-state index is 0.0280. The molecule has 0 aliphatic carbocycles. The van der Waals surface area contributed by atoms with Crippen molar-refractivity contribution in [2.45, 2.75) is 11.9 Å². The lowest BCUT2D eigenvalue weighted by Crippen LogP contribution is -2.50. The van der Waals surface area contributed by atoms with Gasteiger partial charge in [0.05, 0.1) is 10.3 Å². The van der Waals surface area contributed by atoms with Gasteiger partial charge in [0.15, 0.2) is 10.9 Å². The molecule has 9 nitrogen and oxygen atoms in total. The molecule has 0 bridgehead atoms. The summed E-state index contributed by atoms with van der Waals surface area (Å²) in [6.07, 6.45) is -0.726. The molecule has 2 aliphatic heterocycles. The minimum Gasteiger partial charge on any atom is -0.457 e. The Hall–Kier alpha value is -4.70. The quantitative estimate of drug-likeness (QED) is 0.322. The summed E-state index contributed by atoms with van der Waals surface area (Å²) in [4.78, 5) is 28.9. The number of nitrogens with one attached hydrogen (secondary N) is 1. The van der Waals surface area contributed by atoms with E-state index >= 15 is 0 Å². The van der Waals surface area contributed by atoms with Crippen molar-refractivity contribution >= 4 is 34.2 Å². The van der Waals surface area contributed by atoms with Crippen molar-refractivity contribution in [1.82, 2.24) is 10.3 Å². The Bertz CT molecular complexity index is 1680. The highest BCUT2D eigenvalue weighted by Crippen LogP contribution is 2.34. The molecule has 1 amide bonds. The highest BCUT2D eigenvalue weighted by molar-refractivity contribution is 8.13. The number of carbonyl (C=O) groups is 1. The average molecular weight is 510 g/mol. The van der Waals surface area contributed by atoms with E-state index in [0.29, 0.717) is 44.3 Å². The number of hydrogen-bond donors (Lipinski definition) is 1. The van der Waals surface area contributed by atoms with Gasteiger partial charge in [-0.3, -0.25) is 20.2 Å². The first-order chi connectivity index (χ1) is 18.1. The molecule has 0 saturated heterocycles. The molecular formula is C27H19N5O4S. The maximum Gasteiger partial charge on any atom is 0.276 e. The molecule has 0 saturated carbocycles. The molecule has 10 heteroatoms. The zero-order chi connectivity index (χ0) is 25.4. The van der Waals surface area contributed by atoms with Gasteiger partial charge in [0.2, 0.25) is 6.17 Å². The summed E-state index contributed by atoms with van der Waals surface area (Å²) in [6.45, 7) is 0. The fourth-order valence-electron chi connectivity index (χ4n) is 4.22. The van der Waals surface area contributed by atoms with Gasteiger partial charge in [-0.25, -0.2) is 10.0 Å². The topological polar surface area (TPSA) is 113 Å². The summed E-state index contributed by atoms with van der Waals surface area (Å²) in [5, 5.41) is 22.2. The summed E-state index contributed by atoms with van der Waals surface area (Å²) in [6, 6.07) is 27.0. The molecule has 6 rings (SSSR count). The molecule has 0 unspecified atom stereocenters. The number of fused-ring (bicyclic) bond motifs is 2. The predicted octanol–water partition coefficient (Wildman–Crippen LogP) is 3.93. The number of para-hydroxylation sites is 1. The molecule has 1 N–H and O–H groups in total. The van der Waals surface area contributed by atoms with Gasteiger partial charge in [0.1, 0.15) is 11.5 Å². The molecule has 2 aliphatic rings. The van der Waals surface area contributed by atoms with E-state index in [1.54, 1.807) is 29.3 Å². The van der Waals surface area contributed by atoms with Crippen LogP contribution >= 0.6 is 11.8 Å². The lowest BCUT2D eigenvalue weighted by Gasteiger charge is -2.32. The van der Waals surface area contributed by atoms with Gasteiger partial charge in [0.25, 0.3) is 11.6 Å². The van der Waals surface area contributed by atoms with Gasteiger partial charge in [-0.05, 0) is 23.8 Å². The van der Waals surface area contributed by atoms with E-state index in [1.165, 1.54) is 23.9 Å². The second-order valence-corrected chi connectivity index (χ2v) is 9.32. The molecule has 0 radical (unpaired) electrons. The van der Waals surface area contributed by atoms with E-state index in [-0.39, 0.29) is 11.6 Å². The molecule has 3 heterocycles. The number of hydrazone groups is 1. The number of amides is 1. The van der Waals surface area contributed by atoms with Crippen LogP contribution in [0, 0.1) is 10.1 Å². The van der Waals surface area contributed by atoms with Crippen molar-refractivity contribution in [2.75, 3.05) is 0 Å². The van der Waals surface area contributed by atoms with E-state index in [1.807, 2.05) is 54.6 Å². The van der Waals surface area contributed by atoms with E-state index in [4.69, 9.17) is 14.5 Å². The summed E-state index contributed by atoms with van der Waals surface area (Å²) in [5.41, 5.74) is 2.03. The van der Waals surface area contributed by atoms with Crippen molar-refractivity contribution in [3.8, 4) is 11.3 Å². The fourth-order valence-corrected chi connectivity index (χ4v) is 5.03. The normalized spacial score (nSPS) is 16.3. The Morgan fingerprint density at radius 2 is 1.81 bits per heavy atom. The lowest BCUT2D eigenvalue weighted by atomic mass is 10.1. The molecule has 37 heavy (non-hydrogen) atoms. The van der Waals surface area contributed by atoms with E-state index in [2.05, 4.69) is 5.32 Å². The summed E-state index contributed by atoms with van der Waals surface area (Å²) in [5.74, 6) is 1.28. The fraction of sp³-hybridized carbons (Fsp3) is 0.0741. The molecule has 3 aromatic carbocycles. The van der Waals surface area contributed by atoms with E-state index in [0.717, 1.165) is 5.56 Å². The third-order valence-corrected chi connectivity index (χ3v) is 6.89. The molecule has 182 valence electrons. The number of amidine groups is 1. The third-order valence-electron chi connectivity index (χ3n) is 5.96. The minimum atomic E-state index is -0.726. The van der Waals surface area contributed by atoms with Crippen LogP contribution in [0.2, 0.25) is 0 Å². The van der Waals surface area contributed by atoms with Crippen molar-refractivity contribution in [1.29, 1.82) is 0 Å². The van der Waals surface area contributed by atoms with Crippen LogP contribution in [0.1, 0.15) is 17.5 Å². The van der Waals surface area contributed by atoms with E-state index < -0.39 is 11.1 Å². The van der Waals surface area contributed by atoms with Crippen molar-refractivity contribution in [3.63, 3.8) is 0 Å². The highest BCUT2D eigenvalue weighted by atomic mass is 32.2. The number of furan rings is 1. The summed E-state index contributed by atoms with van der Waals surface area (Å²) in [7, 11) is 0. The van der Waals surface area contributed by atoms with Gasteiger partial charge >= 0.3 is 0 Å². The Labute approximate surface area is 215 Å². The zero-order valence-corrected chi connectivity index (χ0v) is 20.1. The SMILES string of the molecule is O=C1NC(SCc2ccccc2)=NN2C1=c1ccccc1=N[C@@H]2c1ccc(-c2cccc([N+](=O)[O-])c2)o1. The van der Waals surface area contributed by atoms with Crippen molar-refractivity contribution in [2.24, 2.45) is 10.1 Å². The standard InChI is InChI=1S/C27H19N5O4S/c33-26-24-20-11-4-5-12-21(20)28-25(31(24)30-27(29-26)37-16-17-7-2-1-3-8-17)23-14-13-22(36-23)18-9-6-10-19(15-18)32(34)35/h1-15,25H,16H2,(H,29,30,33)/t25-/m0/s1. The summed E-state index contributed by atoms with van der Waals surface area (Å²) < 4.78 is 6.13. The number of rotatable bonds is 5. The summed E-state index contributed by atoms with van der Waals surface area (Å²) >= 11 is 1.42. The van der Waals surface area contributed by atoms with Crippen LogP contribution < -0.4 is 15.9 Å². The Kier molecular flexibility index (Phi) is 5.78. The van der Waals surface area contributed by atoms with Crippen LogP contribution in [0.5, 0.6) is 0 Å². The number of hydrogen-bond acceptors (Lipinski definition) is 8. The smallest absolute Gasteiger partial charge is 0.276 e. The lowest BCUT2D eigenvalue weighted by molar-refractivity contribution is -0.384. The van der Waals surface area contributed by atoms with E-state index in [9.17, 15) is 14.9 Å². The van der Waals surface area contributed by atoms with Crippen LogP contribution in [0.15, 0.2) is 106 Å². The number of nitro benzene ring substituents is 1. The Balaban J connectivity index is 1.39. The molecule has 1 atom stereocenters. The second-order valence-electron chi connectivity index (χ2n) is 8.36. The van der Waals surface area contributed by atoms with Crippen molar-refractivity contribution in [3.05, 3.63) is 123 Å². The molecule has 4 aromatic rings. The first kappa shape index (κ1) is 22.7. The number of non-ortho nitro benzene ring substituents is 1. The van der Waals surface area contributed by atoms with Crippen LogP contribution in [0.4, 0.5) is 5.69 Å². The maximum absolute atomic E-state index is 13.3. The molecule has 1 aromatic heterocycles. The zero-order valence-electron chi connectivity index (χ0n) is 19.3. The van der Waals surface area contributed by atoms with Crippen LogP contribution in [-0.4, -0.2) is 21.0 Å². The maximum atomic E-state index is 13.3. The number of nitro groups is 1. The monoisotopic (exact) mass is 509 g/mol. The predicted molar refractivity (Wildman–Crippen MR) is 139 cm³/mol. The Morgan fingerprint density at radius 1 is 1.00 bits per heavy atom. The number of benzene rings is 3. The van der Waals surface area contributed by atoms with Gasteiger partial charge in [-0.1, -0.05) is 72.4 Å².